The van der Waals surface area contributed by atoms with E-state index in [9.17, 15) is 0 Å². The highest BCUT2D eigenvalue weighted by molar-refractivity contribution is 5.79. The molecule has 0 aromatic carbocycles. The van der Waals surface area contributed by atoms with Crippen molar-refractivity contribution in [1.29, 1.82) is 0 Å². The van der Waals surface area contributed by atoms with E-state index in [1.165, 1.54) is 0 Å². The number of nitrogens with one attached hydrogen (secondary N) is 1. The molecule has 0 saturated heterocycles. The minimum absolute atomic E-state index is 0.707. The zero-order chi connectivity index (χ0) is 12.2. The van der Waals surface area contributed by atoms with Crippen LogP contribution in [0.15, 0.2) is 4.99 Å². The van der Waals surface area contributed by atoms with Crippen LogP contribution < -0.4 is 11.3 Å². The highest BCUT2D eigenvalue weighted by atomic mass is 16.5. The SMILES string of the molecule is CCCCN=C(NN)N(CC)CCOCC. The van der Waals surface area contributed by atoms with Gasteiger partial charge in [0.25, 0.3) is 0 Å². The smallest absolute Gasteiger partial charge is 0.208 e. The standard InChI is InChI=1S/C11H26N4O/c1-4-7-8-13-11(14-12)15(5-2)9-10-16-6-3/h4-10,12H2,1-3H3,(H,13,14). The molecule has 5 nitrogen and oxygen atoms in total. The maximum Gasteiger partial charge on any atom is 0.208 e. The molecule has 0 aromatic heterocycles. The molecule has 96 valence electrons. The van der Waals surface area contributed by atoms with Crippen molar-refractivity contribution in [2.24, 2.45) is 10.8 Å². The third kappa shape index (κ3) is 6.63. The van der Waals surface area contributed by atoms with Crippen molar-refractivity contribution in [1.82, 2.24) is 10.3 Å². The Morgan fingerprint density at radius 2 is 2.12 bits per heavy atom. The number of ether oxygens (including phenoxy) is 1. The van der Waals surface area contributed by atoms with Gasteiger partial charge >= 0.3 is 0 Å². The number of hydrogen-bond acceptors (Lipinski definition) is 3. The monoisotopic (exact) mass is 230 g/mol. The Balaban J connectivity index is 4.09. The van der Waals surface area contributed by atoms with Gasteiger partial charge in [-0.2, -0.15) is 0 Å². The normalized spacial score (nSPS) is 11.6. The van der Waals surface area contributed by atoms with Gasteiger partial charge in [0, 0.05) is 26.2 Å². The Bertz CT molecular complexity index is 185. The topological polar surface area (TPSA) is 62.9 Å². The molecule has 0 aromatic rings. The molecular weight excluding hydrogens is 204 g/mol. The summed E-state index contributed by atoms with van der Waals surface area (Å²) < 4.78 is 5.32. The van der Waals surface area contributed by atoms with Gasteiger partial charge in [-0.05, 0) is 20.3 Å². The molecule has 0 radical (unpaired) electrons. The lowest BCUT2D eigenvalue weighted by Gasteiger charge is -2.23. The van der Waals surface area contributed by atoms with E-state index in [4.69, 9.17) is 10.6 Å². The predicted molar refractivity (Wildman–Crippen MR) is 68.3 cm³/mol. The first-order valence-electron chi connectivity index (χ1n) is 6.13. The minimum atomic E-state index is 0.707. The minimum Gasteiger partial charge on any atom is -0.380 e. The van der Waals surface area contributed by atoms with Crippen LogP contribution in [-0.4, -0.2) is 43.7 Å². The fourth-order valence-electron chi connectivity index (χ4n) is 1.31. The number of guanidine groups is 1. The third-order valence-corrected chi connectivity index (χ3v) is 2.29. The Hall–Kier alpha value is -0.810. The average Bonchev–Trinajstić information content (AvgIpc) is 2.31. The number of unbranched alkanes of at least 4 members (excludes halogenated alkanes) is 1. The van der Waals surface area contributed by atoms with Gasteiger partial charge in [-0.15, -0.1) is 0 Å². The molecule has 0 aliphatic rings. The molecule has 0 heterocycles. The summed E-state index contributed by atoms with van der Waals surface area (Å²) >= 11 is 0. The number of nitrogens with zero attached hydrogens (tertiary/aromatic N) is 2. The predicted octanol–water partition coefficient (Wildman–Crippen LogP) is 0.964. The van der Waals surface area contributed by atoms with E-state index in [2.05, 4.69) is 29.2 Å². The molecule has 0 saturated carbocycles. The van der Waals surface area contributed by atoms with Crippen LogP contribution >= 0.6 is 0 Å². The van der Waals surface area contributed by atoms with Crippen LogP contribution in [-0.2, 0) is 4.74 Å². The van der Waals surface area contributed by atoms with Crippen molar-refractivity contribution in [2.75, 3.05) is 32.8 Å². The maximum atomic E-state index is 5.47. The third-order valence-electron chi connectivity index (χ3n) is 2.29. The summed E-state index contributed by atoms with van der Waals surface area (Å²) in [6.07, 6.45) is 2.24. The number of likely N-dealkylation sites (N-methyl/N-ethyl adjacent to an activating group) is 1. The fraction of sp³-hybridized carbons (Fsp3) is 0.909. The highest BCUT2D eigenvalue weighted by Crippen LogP contribution is 1.93. The van der Waals surface area contributed by atoms with Crippen LogP contribution in [0.4, 0.5) is 0 Å². The molecule has 3 N–H and O–H groups in total. The molecule has 0 rings (SSSR count). The second-order valence-electron chi connectivity index (χ2n) is 3.48. The fourth-order valence-corrected chi connectivity index (χ4v) is 1.31. The van der Waals surface area contributed by atoms with Gasteiger partial charge in [0.1, 0.15) is 0 Å². The van der Waals surface area contributed by atoms with Gasteiger partial charge in [0.15, 0.2) is 0 Å². The Morgan fingerprint density at radius 1 is 1.38 bits per heavy atom. The Morgan fingerprint density at radius 3 is 2.62 bits per heavy atom. The molecule has 16 heavy (non-hydrogen) atoms. The number of hydrogen-bond donors (Lipinski definition) is 2. The maximum absolute atomic E-state index is 5.47. The molecule has 5 heteroatoms. The van der Waals surface area contributed by atoms with E-state index in [0.717, 1.165) is 45.0 Å². The zero-order valence-electron chi connectivity index (χ0n) is 10.8. The lowest BCUT2D eigenvalue weighted by Crippen LogP contribution is -2.46. The van der Waals surface area contributed by atoms with Crippen molar-refractivity contribution >= 4 is 5.96 Å². The van der Waals surface area contributed by atoms with Gasteiger partial charge in [-0.3, -0.25) is 10.4 Å². The quantitative estimate of drug-likeness (QED) is 0.214. The summed E-state index contributed by atoms with van der Waals surface area (Å²) in [5.41, 5.74) is 2.66. The lowest BCUT2D eigenvalue weighted by atomic mass is 10.3. The summed E-state index contributed by atoms with van der Waals surface area (Å²) in [6.45, 7) is 10.2. The number of nitrogens with two attached hydrogens (primary N) is 1. The molecule has 0 amide bonds. The molecular formula is C11H26N4O. The molecule has 0 fully saturated rings. The van der Waals surface area contributed by atoms with Crippen molar-refractivity contribution in [3.63, 3.8) is 0 Å². The van der Waals surface area contributed by atoms with Crippen LogP contribution in [0.25, 0.3) is 0 Å². The van der Waals surface area contributed by atoms with E-state index in [1.807, 2.05) is 6.92 Å². The first kappa shape index (κ1) is 15.2. The summed E-state index contributed by atoms with van der Waals surface area (Å²) in [5, 5.41) is 0. The molecule has 0 aliphatic carbocycles. The summed E-state index contributed by atoms with van der Waals surface area (Å²) in [4.78, 5) is 6.52. The van der Waals surface area contributed by atoms with Gasteiger partial charge in [-0.25, -0.2) is 5.84 Å². The molecule has 0 unspecified atom stereocenters. The van der Waals surface area contributed by atoms with Crippen molar-refractivity contribution in [3.8, 4) is 0 Å². The number of hydrazine groups is 1. The van der Waals surface area contributed by atoms with Gasteiger partial charge in [-0.1, -0.05) is 13.3 Å². The lowest BCUT2D eigenvalue weighted by molar-refractivity contribution is 0.132. The van der Waals surface area contributed by atoms with E-state index >= 15 is 0 Å². The second-order valence-corrected chi connectivity index (χ2v) is 3.48. The van der Waals surface area contributed by atoms with Crippen LogP contribution in [0.5, 0.6) is 0 Å². The van der Waals surface area contributed by atoms with Crippen molar-refractivity contribution in [2.45, 2.75) is 33.6 Å². The zero-order valence-corrected chi connectivity index (χ0v) is 10.8. The first-order chi connectivity index (χ1) is 7.79. The number of rotatable bonds is 8. The molecule has 0 bridgehead atoms. The van der Waals surface area contributed by atoms with Crippen LogP contribution in [0.1, 0.15) is 33.6 Å². The van der Waals surface area contributed by atoms with E-state index in [1.54, 1.807) is 0 Å². The Labute approximate surface area is 99.0 Å². The van der Waals surface area contributed by atoms with E-state index in [-0.39, 0.29) is 0 Å². The van der Waals surface area contributed by atoms with Gasteiger partial charge in [0.05, 0.1) is 6.61 Å². The van der Waals surface area contributed by atoms with Gasteiger partial charge < -0.3 is 9.64 Å². The molecule has 0 atom stereocenters. The van der Waals surface area contributed by atoms with Crippen LogP contribution in [0.2, 0.25) is 0 Å². The second kappa shape index (κ2) is 10.7. The summed E-state index contributed by atoms with van der Waals surface area (Å²) in [6, 6.07) is 0. The van der Waals surface area contributed by atoms with Gasteiger partial charge in [0.2, 0.25) is 5.96 Å². The molecule has 0 spiro atoms. The first-order valence-corrected chi connectivity index (χ1v) is 6.13. The average molecular weight is 230 g/mol. The summed E-state index contributed by atoms with van der Waals surface area (Å²) in [7, 11) is 0. The van der Waals surface area contributed by atoms with Crippen molar-refractivity contribution in [3.05, 3.63) is 0 Å². The molecule has 0 aliphatic heterocycles. The summed E-state index contributed by atoms with van der Waals surface area (Å²) in [5.74, 6) is 6.23. The Kier molecular flexibility index (Phi) is 10.2. The highest BCUT2D eigenvalue weighted by Gasteiger charge is 2.06. The van der Waals surface area contributed by atoms with Crippen LogP contribution in [0, 0.1) is 0 Å². The van der Waals surface area contributed by atoms with Crippen LogP contribution in [0.3, 0.4) is 0 Å². The largest absolute Gasteiger partial charge is 0.380 e. The van der Waals surface area contributed by atoms with E-state index < -0.39 is 0 Å². The van der Waals surface area contributed by atoms with Crippen molar-refractivity contribution < 1.29 is 4.74 Å². The number of aliphatic imine (C=N–C) groups is 1. The van der Waals surface area contributed by atoms with E-state index in [0.29, 0.717) is 6.61 Å².